The van der Waals surface area contributed by atoms with Crippen LogP contribution in [0.5, 0.6) is 0 Å². The standard InChI is InChI=1S/C24H21NO4/c1-28-23(26)17-8-6-7-16(13-17)14-25-24(27)29-15-22-20-11-4-2-9-18(20)19-10-3-5-12-21(19)22/h2-13,22H,14-15H2,1H3,(H,25,27). The van der Waals surface area contributed by atoms with Gasteiger partial charge in [0.05, 0.1) is 12.7 Å². The Morgan fingerprint density at radius 3 is 2.21 bits per heavy atom. The highest BCUT2D eigenvalue weighted by Gasteiger charge is 2.28. The van der Waals surface area contributed by atoms with Gasteiger partial charge in [-0.2, -0.15) is 0 Å². The normalized spacial score (nSPS) is 12.0. The molecule has 4 rings (SSSR count). The van der Waals surface area contributed by atoms with Gasteiger partial charge in [-0.25, -0.2) is 9.59 Å². The molecule has 5 heteroatoms. The number of esters is 1. The largest absolute Gasteiger partial charge is 0.465 e. The van der Waals surface area contributed by atoms with Crippen molar-refractivity contribution < 1.29 is 19.1 Å². The zero-order chi connectivity index (χ0) is 20.2. The van der Waals surface area contributed by atoms with Crippen LogP contribution < -0.4 is 5.32 Å². The summed E-state index contributed by atoms with van der Waals surface area (Å²) in [6.45, 7) is 0.531. The molecule has 0 unspecified atom stereocenters. The predicted molar refractivity (Wildman–Crippen MR) is 110 cm³/mol. The van der Waals surface area contributed by atoms with Crippen LogP contribution in [0, 0.1) is 0 Å². The van der Waals surface area contributed by atoms with E-state index < -0.39 is 12.1 Å². The van der Waals surface area contributed by atoms with Crippen molar-refractivity contribution in [2.45, 2.75) is 12.5 Å². The number of benzene rings is 3. The minimum absolute atomic E-state index is 0.0239. The highest BCUT2D eigenvalue weighted by atomic mass is 16.5. The number of hydrogen-bond donors (Lipinski definition) is 1. The molecule has 1 N–H and O–H groups in total. The lowest BCUT2D eigenvalue weighted by Crippen LogP contribution is -2.25. The Morgan fingerprint density at radius 2 is 1.55 bits per heavy atom. The molecule has 0 spiro atoms. The minimum Gasteiger partial charge on any atom is -0.465 e. The molecule has 1 aliphatic rings. The zero-order valence-corrected chi connectivity index (χ0v) is 16.1. The summed E-state index contributed by atoms with van der Waals surface area (Å²) < 4.78 is 10.2. The van der Waals surface area contributed by atoms with Gasteiger partial charge in [-0.05, 0) is 39.9 Å². The number of rotatable bonds is 5. The highest BCUT2D eigenvalue weighted by molar-refractivity contribution is 5.89. The van der Waals surface area contributed by atoms with Gasteiger partial charge in [-0.3, -0.25) is 0 Å². The summed E-state index contributed by atoms with van der Waals surface area (Å²) in [5.41, 5.74) is 5.97. The third-order valence-electron chi connectivity index (χ3n) is 5.13. The van der Waals surface area contributed by atoms with Crippen LogP contribution in [0.25, 0.3) is 11.1 Å². The van der Waals surface area contributed by atoms with Gasteiger partial charge in [-0.1, -0.05) is 60.7 Å². The molecule has 1 aliphatic carbocycles. The van der Waals surface area contributed by atoms with Crippen molar-refractivity contribution in [3.05, 3.63) is 95.1 Å². The van der Waals surface area contributed by atoms with E-state index in [0.29, 0.717) is 5.56 Å². The number of nitrogens with one attached hydrogen (secondary N) is 1. The van der Waals surface area contributed by atoms with E-state index in [0.717, 1.165) is 5.56 Å². The summed E-state index contributed by atoms with van der Waals surface area (Å²) in [7, 11) is 1.34. The van der Waals surface area contributed by atoms with E-state index >= 15 is 0 Å². The summed E-state index contributed by atoms with van der Waals surface area (Å²) in [5, 5.41) is 2.74. The fraction of sp³-hybridized carbons (Fsp3) is 0.167. The van der Waals surface area contributed by atoms with E-state index in [1.54, 1.807) is 18.2 Å². The van der Waals surface area contributed by atoms with Crippen molar-refractivity contribution in [3.63, 3.8) is 0 Å². The third kappa shape index (κ3) is 3.85. The van der Waals surface area contributed by atoms with Crippen molar-refractivity contribution in [1.82, 2.24) is 5.32 Å². The smallest absolute Gasteiger partial charge is 0.407 e. The molecule has 0 atom stereocenters. The monoisotopic (exact) mass is 387 g/mol. The van der Waals surface area contributed by atoms with Crippen molar-refractivity contribution in [3.8, 4) is 11.1 Å². The van der Waals surface area contributed by atoms with Crippen molar-refractivity contribution in [2.75, 3.05) is 13.7 Å². The van der Waals surface area contributed by atoms with Gasteiger partial charge in [0.1, 0.15) is 6.61 Å². The lowest BCUT2D eigenvalue weighted by atomic mass is 9.98. The average Bonchev–Trinajstić information content (AvgIpc) is 3.09. The molecule has 29 heavy (non-hydrogen) atoms. The van der Waals surface area contributed by atoms with E-state index in [1.165, 1.54) is 29.4 Å². The van der Waals surface area contributed by atoms with E-state index in [1.807, 2.05) is 30.3 Å². The molecule has 146 valence electrons. The molecule has 5 nitrogen and oxygen atoms in total. The molecule has 3 aromatic rings. The van der Waals surface area contributed by atoms with Gasteiger partial charge in [0.2, 0.25) is 0 Å². The van der Waals surface area contributed by atoms with E-state index in [4.69, 9.17) is 9.47 Å². The summed E-state index contributed by atoms with van der Waals surface area (Å²) in [4.78, 5) is 23.9. The number of carbonyl (C=O) groups excluding carboxylic acids is 2. The summed E-state index contributed by atoms with van der Waals surface area (Å²) >= 11 is 0. The molecule has 0 saturated heterocycles. The molecule has 0 heterocycles. The maximum atomic E-state index is 12.2. The van der Waals surface area contributed by atoms with Crippen molar-refractivity contribution in [2.24, 2.45) is 0 Å². The second-order valence-electron chi connectivity index (χ2n) is 6.87. The lowest BCUT2D eigenvalue weighted by Gasteiger charge is -2.14. The third-order valence-corrected chi connectivity index (χ3v) is 5.13. The quantitative estimate of drug-likeness (QED) is 0.654. The molecule has 0 aromatic heterocycles. The molecule has 1 amide bonds. The first-order valence-corrected chi connectivity index (χ1v) is 9.43. The number of carbonyl (C=O) groups is 2. The summed E-state index contributed by atoms with van der Waals surface area (Å²) in [5.74, 6) is -0.385. The van der Waals surface area contributed by atoms with Gasteiger partial charge in [0, 0.05) is 12.5 Å². The Bertz CT molecular complexity index is 1010. The second kappa shape index (κ2) is 8.19. The topological polar surface area (TPSA) is 64.6 Å². The van der Waals surface area contributed by atoms with Gasteiger partial charge in [0.25, 0.3) is 0 Å². The van der Waals surface area contributed by atoms with E-state index in [9.17, 15) is 9.59 Å². The van der Waals surface area contributed by atoms with E-state index in [-0.39, 0.29) is 19.1 Å². The minimum atomic E-state index is -0.490. The summed E-state index contributed by atoms with van der Waals surface area (Å²) in [6, 6.07) is 23.4. The first-order chi connectivity index (χ1) is 14.2. The maximum Gasteiger partial charge on any atom is 0.407 e. The van der Waals surface area contributed by atoms with Crippen molar-refractivity contribution in [1.29, 1.82) is 0 Å². The first-order valence-electron chi connectivity index (χ1n) is 9.43. The molecular formula is C24H21NO4. The summed E-state index contributed by atoms with van der Waals surface area (Å²) in [6.07, 6.45) is -0.490. The number of amides is 1. The average molecular weight is 387 g/mol. The SMILES string of the molecule is COC(=O)c1cccc(CNC(=O)OCC2c3ccccc3-c3ccccc32)c1. The predicted octanol–water partition coefficient (Wildman–Crippen LogP) is 4.51. The fourth-order valence-electron chi connectivity index (χ4n) is 3.75. The van der Waals surface area contributed by atoms with Crippen LogP contribution in [-0.2, 0) is 16.0 Å². The number of ether oxygens (including phenoxy) is 2. The Kier molecular flexibility index (Phi) is 5.29. The molecule has 0 fully saturated rings. The number of hydrogen-bond acceptors (Lipinski definition) is 4. The van der Waals surface area contributed by atoms with Crippen LogP contribution in [0.2, 0.25) is 0 Å². The van der Waals surface area contributed by atoms with Crippen LogP contribution in [-0.4, -0.2) is 25.8 Å². The van der Waals surface area contributed by atoms with Gasteiger partial charge < -0.3 is 14.8 Å². The molecule has 0 saturated carbocycles. The molecule has 0 bridgehead atoms. The first kappa shape index (κ1) is 18.7. The number of alkyl carbamates (subject to hydrolysis) is 1. The Balaban J connectivity index is 1.39. The second-order valence-corrected chi connectivity index (χ2v) is 6.87. The van der Waals surface area contributed by atoms with Crippen LogP contribution in [0.1, 0.15) is 33.0 Å². The number of fused-ring (bicyclic) bond motifs is 3. The zero-order valence-electron chi connectivity index (χ0n) is 16.1. The van der Waals surface area contributed by atoms with Crippen LogP contribution in [0.15, 0.2) is 72.8 Å². The Morgan fingerprint density at radius 1 is 0.897 bits per heavy atom. The maximum absolute atomic E-state index is 12.2. The van der Waals surface area contributed by atoms with Crippen molar-refractivity contribution >= 4 is 12.1 Å². The Hall–Kier alpha value is -3.60. The van der Waals surface area contributed by atoms with Gasteiger partial charge >= 0.3 is 12.1 Å². The van der Waals surface area contributed by atoms with Gasteiger partial charge in [0.15, 0.2) is 0 Å². The molecule has 0 aliphatic heterocycles. The van der Waals surface area contributed by atoms with E-state index in [2.05, 4.69) is 29.6 Å². The van der Waals surface area contributed by atoms with Crippen LogP contribution >= 0.6 is 0 Å². The fourth-order valence-corrected chi connectivity index (χ4v) is 3.75. The highest BCUT2D eigenvalue weighted by Crippen LogP contribution is 2.44. The molecule has 3 aromatic carbocycles. The van der Waals surface area contributed by atoms with Gasteiger partial charge in [-0.15, -0.1) is 0 Å². The molecule has 0 radical (unpaired) electrons. The molecular weight excluding hydrogens is 366 g/mol. The van der Waals surface area contributed by atoms with Crippen LogP contribution in [0.3, 0.4) is 0 Å². The number of methoxy groups -OCH3 is 1. The Labute approximate surface area is 169 Å². The van der Waals surface area contributed by atoms with Crippen LogP contribution in [0.4, 0.5) is 4.79 Å². The lowest BCUT2D eigenvalue weighted by molar-refractivity contribution is 0.0600.